The summed E-state index contributed by atoms with van der Waals surface area (Å²) in [7, 11) is 3.77. The van der Waals surface area contributed by atoms with Crippen molar-refractivity contribution in [3.63, 3.8) is 0 Å². The molecule has 0 aromatic carbocycles. The van der Waals surface area contributed by atoms with Crippen molar-refractivity contribution in [3.05, 3.63) is 0 Å². The summed E-state index contributed by atoms with van der Waals surface area (Å²) in [6.07, 6.45) is 0.807. The van der Waals surface area contributed by atoms with Crippen molar-refractivity contribution in [1.29, 1.82) is 5.26 Å². The largest absolute Gasteiger partial charge is 0.383 e. The fraction of sp³-hybridized carbons (Fsp3) is 0.923. The monoisotopic (exact) mass is 241 g/mol. The van der Waals surface area contributed by atoms with E-state index >= 15 is 0 Å². The van der Waals surface area contributed by atoms with E-state index in [0.29, 0.717) is 12.1 Å². The van der Waals surface area contributed by atoms with Gasteiger partial charge in [-0.1, -0.05) is 0 Å². The van der Waals surface area contributed by atoms with E-state index in [1.165, 1.54) is 0 Å². The minimum absolute atomic E-state index is 0.316. The van der Waals surface area contributed by atoms with Gasteiger partial charge in [-0.05, 0) is 41.2 Å². The number of ether oxygens (including phenoxy) is 1. The van der Waals surface area contributed by atoms with E-state index in [9.17, 15) is 5.26 Å². The minimum Gasteiger partial charge on any atom is -0.383 e. The van der Waals surface area contributed by atoms with Gasteiger partial charge in [0.15, 0.2) is 0 Å². The molecule has 0 radical (unpaired) electrons. The molecule has 0 amide bonds. The zero-order chi connectivity index (χ0) is 13.5. The standard InChI is InChI=1S/C13H27N3O/c1-11(2)15-13(4,10-14)9-12(3)16(5)7-8-17-6/h11-12,15H,7-9H2,1-6H3. The van der Waals surface area contributed by atoms with Crippen molar-refractivity contribution in [1.82, 2.24) is 10.2 Å². The molecule has 4 nitrogen and oxygen atoms in total. The van der Waals surface area contributed by atoms with Crippen molar-refractivity contribution >= 4 is 0 Å². The van der Waals surface area contributed by atoms with E-state index in [1.54, 1.807) is 7.11 Å². The Balaban J connectivity index is 4.32. The average Bonchev–Trinajstić information content (AvgIpc) is 2.24. The third-order valence-electron chi connectivity index (χ3n) is 2.96. The highest BCUT2D eigenvalue weighted by Crippen LogP contribution is 2.15. The van der Waals surface area contributed by atoms with Crippen molar-refractivity contribution in [3.8, 4) is 6.07 Å². The molecule has 0 aromatic heterocycles. The van der Waals surface area contributed by atoms with Gasteiger partial charge in [-0.2, -0.15) is 5.26 Å². The molecule has 0 saturated heterocycles. The zero-order valence-electron chi connectivity index (χ0n) is 12.1. The fourth-order valence-corrected chi connectivity index (χ4v) is 1.98. The molecular formula is C13H27N3O. The van der Waals surface area contributed by atoms with Gasteiger partial charge >= 0.3 is 0 Å². The Kier molecular flexibility index (Phi) is 7.37. The Bertz CT molecular complexity index is 250. The van der Waals surface area contributed by atoms with Crippen LogP contribution in [0.5, 0.6) is 0 Å². The van der Waals surface area contributed by atoms with Gasteiger partial charge in [0.25, 0.3) is 0 Å². The summed E-state index contributed by atoms with van der Waals surface area (Å²) in [6.45, 7) is 9.85. The van der Waals surface area contributed by atoms with Crippen LogP contribution in [0.1, 0.15) is 34.1 Å². The van der Waals surface area contributed by atoms with E-state index in [2.05, 4.69) is 44.1 Å². The normalized spacial score (nSPS) is 16.9. The number of rotatable bonds is 8. The second kappa shape index (κ2) is 7.65. The maximum absolute atomic E-state index is 9.29. The van der Waals surface area contributed by atoms with Gasteiger partial charge in [0.2, 0.25) is 0 Å². The third-order valence-corrected chi connectivity index (χ3v) is 2.96. The Morgan fingerprint density at radius 1 is 1.41 bits per heavy atom. The highest BCUT2D eigenvalue weighted by Gasteiger charge is 2.28. The van der Waals surface area contributed by atoms with Crippen molar-refractivity contribution < 1.29 is 4.74 Å². The van der Waals surface area contributed by atoms with E-state index in [4.69, 9.17) is 4.74 Å². The van der Waals surface area contributed by atoms with Crippen LogP contribution in [0.25, 0.3) is 0 Å². The highest BCUT2D eigenvalue weighted by molar-refractivity contribution is 5.06. The molecule has 1 N–H and O–H groups in total. The van der Waals surface area contributed by atoms with Crippen LogP contribution in [0.4, 0.5) is 0 Å². The third kappa shape index (κ3) is 6.62. The van der Waals surface area contributed by atoms with E-state index in [1.807, 2.05) is 6.92 Å². The molecule has 0 fully saturated rings. The highest BCUT2D eigenvalue weighted by atomic mass is 16.5. The second-order valence-corrected chi connectivity index (χ2v) is 5.27. The molecule has 0 rings (SSSR count). The molecule has 100 valence electrons. The molecule has 4 heteroatoms. The lowest BCUT2D eigenvalue weighted by atomic mass is 9.93. The fourth-order valence-electron chi connectivity index (χ4n) is 1.98. The maximum atomic E-state index is 9.29. The first kappa shape index (κ1) is 16.4. The number of nitrogens with zero attached hydrogens (tertiary/aromatic N) is 2. The maximum Gasteiger partial charge on any atom is 0.105 e. The number of likely N-dealkylation sites (N-methyl/N-ethyl adjacent to an activating group) is 1. The van der Waals surface area contributed by atoms with Crippen LogP contribution in [-0.2, 0) is 4.74 Å². The van der Waals surface area contributed by atoms with Crippen LogP contribution in [-0.4, -0.2) is 49.8 Å². The number of nitrogens with one attached hydrogen (secondary N) is 1. The van der Waals surface area contributed by atoms with Crippen molar-refractivity contribution in [2.24, 2.45) is 0 Å². The molecule has 0 aliphatic rings. The van der Waals surface area contributed by atoms with Gasteiger partial charge in [0, 0.05) is 25.7 Å². The Morgan fingerprint density at radius 3 is 2.41 bits per heavy atom. The van der Waals surface area contributed by atoms with Crippen molar-refractivity contribution in [2.75, 3.05) is 27.3 Å². The SMILES string of the molecule is COCCN(C)C(C)CC(C)(C#N)NC(C)C. The van der Waals surface area contributed by atoms with Crippen LogP contribution in [0.3, 0.4) is 0 Å². The molecule has 0 saturated carbocycles. The molecule has 0 heterocycles. The first-order chi connectivity index (χ1) is 7.84. The molecule has 0 spiro atoms. The Morgan fingerprint density at radius 2 is 2.00 bits per heavy atom. The summed E-state index contributed by atoms with van der Waals surface area (Å²) in [4.78, 5) is 2.22. The van der Waals surface area contributed by atoms with Gasteiger partial charge in [0.1, 0.15) is 5.54 Å². The summed E-state index contributed by atoms with van der Waals surface area (Å²) >= 11 is 0. The lowest BCUT2D eigenvalue weighted by Gasteiger charge is -2.33. The molecule has 0 bridgehead atoms. The quantitative estimate of drug-likeness (QED) is 0.701. The van der Waals surface area contributed by atoms with Gasteiger partial charge in [-0.25, -0.2) is 0 Å². The predicted octanol–water partition coefficient (Wildman–Crippen LogP) is 1.62. The number of hydrogen-bond donors (Lipinski definition) is 1. The first-order valence-corrected chi connectivity index (χ1v) is 6.22. The van der Waals surface area contributed by atoms with Crippen LogP contribution < -0.4 is 5.32 Å². The van der Waals surface area contributed by atoms with E-state index < -0.39 is 5.54 Å². The molecule has 17 heavy (non-hydrogen) atoms. The molecular weight excluding hydrogens is 214 g/mol. The number of hydrogen-bond acceptors (Lipinski definition) is 4. The van der Waals surface area contributed by atoms with Gasteiger partial charge < -0.3 is 9.64 Å². The number of methoxy groups -OCH3 is 1. The Labute approximate surface area is 106 Å². The zero-order valence-corrected chi connectivity index (χ0v) is 12.1. The minimum atomic E-state index is -0.463. The summed E-state index contributed by atoms with van der Waals surface area (Å²) in [5.41, 5.74) is -0.463. The smallest absolute Gasteiger partial charge is 0.105 e. The molecule has 0 aromatic rings. The van der Waals surface area contributed by atoms with Crippen molar-refractivity contribution in [2.45, 2.75) is 51.7 Å². The van der Waals surface area contributed by atoms with Crippen LogP contribution in [0.15, 0.2) is 0 Å². The topological polar surface area (TPSA) is 48.3 Å². The average molecular weight is 241 g/mol. The molecule has 0 aliphatic heterocycles. The number of nitriles is 1. The molecule has 0 aliphatic carbocycles. The summed E-state index contributed by atoms with van der Waals surface area (Å²) in [5.74, 6) is 0. The lowest BCUT2D eigenvalue weighted by molar-refractivity contribution is 0.132. The second-order valence-electron chi connectivity index (χ2n) is 5.27. The van der Waals surface area contributed by atoms with Crippen LogP contribution in [0.2, 0.25) is 0 Å². The first-order valence-electron chi connectivity index (χ1n) is 6.22. The Hall–Kier alpha value is -0.630. The molecule has 2 unspecified atom stereocenters. The van der Waals surface area contributed by atoms with Gasteiger partial charge in [-0.3, -0.25) is 5.32 Å². The van der Waals surface area contributed by atoms with Crippen LogP contribution in [0, 0.1) is 11.3 Å². The molecule has 2 atom stereocenters. The van der Waals surface area contributed by atoms with E-state index in [0.717, 1.165) is 19.6 Å². The summed E-state index contributed by atoms with van der Waals surface area (Å²) in [6, 6.07) is 3.05. The van der Waals surface area contributed by atoms with Gasteiger partial charge in [-0.15, -0.1) is 0 Å². The van der Waals surface area contributed by atoms with E-state index in [-0.39, 0.29) is 0 Å². The summed E-state index contributed by atoms with van der Waals surface area (Å²) < 4.78 is 5.06. The predicted molar refractivity (Wildman–Crippen MR) is 70.9 cm³/mol. The van der Waals surface area contributed by atoms with Crippen LogP contribution >= 0.6 is 0 Å². The lowest BCUT2D eigenvalue weighted by Crippen LogP contribution is -2.49. The summed E-state index contributed by atoms with van der Waals surface area (Å²) in [5, 5.41) is 12.6. The van der Waals surface area contributed by atoms with Gasteiger partial charge in [0.05, 0.1) is 12.7 Å².